The van der Waals surface area contributed by atoms with Gasteiger partial charge >= 0.3 is 5.97 Å². The number of hydrogen-bond acceptors (Lipinski definition) is 5. The second-order valence-electron chi connectivity index (χ2n) is 3.86. The summed E-state index contributed by atoms with van der Waals surface area (Å²) >= 11 is 3.39. The summed E-state index contributed by atoms with van der Waals surface area (Å²) in [5.41, 5.74) is 0.557. The highest BCUT2D eigenvalue weighted by Gasteiger charge is 2.13. The van der Waals surface area contributed by atoms with Crippen LogP contribution < -0.4 is 9.47 Å². The lowest BCUT2D eigenvalue weighted by Crippen LogP contribution is -2.06. The highest BCUT2D eigenvalue weighted by atomic mass is 79.9. The van der Waals surface area contributed by atoms with E-state index in [4.69, 9.17) is 19.5 Å². The lowest BCUT2D eigenvalue weighted by Gasteiger charge is -2.12. The van der Waals surface area contributed by atoms with Crippen LogP contribution in [-0.4, -0.2) is 26.3 Å². The lowest BCUT2D eigenvalue weighted by molar-refractivity contribution is -0.137. The third-order valence-electron chi connectivity index (χ3n) is 2.47. The van der Waals surface area contributed by atoms with Crippen LogP contribution in [0.25, 0.3) is 6.08 Å². The van der Waals surface area contributed by atoms with Crippen molar-refractivity contribution in [1.29, 1.82) is 5.26 Å². The first-order valence-electron chi connectivity index (χ1n) is 6.36. The molecular weight excluding hydrogens is 338 g/mol. The molecule has 0 radical (unpaired) electrons. The maximum absolute atomic E-state index is 11.6. The summed E-state index contributed by atoms with van der Waals surface area (Å²) in [6.07, 6.45) is 1.45. The van der Waals surface area contributed by atoms with Crippen molar-refractivity contribution < 1.29 is 19.0 Å². The van der Waals surface area contributed by atoms with Crippen LogP contribution in [0.5, 0.6) is 11.5 Å². The van der Waals surface area contributed by atoms with E-state index in [9.17, 15) is 4.79 Å². The number of carbonyl (C=O) groups excluding carboxylic acids is 1. The largest absolute Gasteiger partial charge is 0.493 e. The van der Waals surface area contributed by atoms with Gasteiger partial charge in [-0.1, -0.05) is 0 Å². The quantitative estimate of drug-likeness (QED) is 0.445. The van der Waals surface area contributed by atoms with Gasteiger partial charge in [0.2, 0.25) is 0 Å². The Morgan fingerprint density at radius 3 is 2.62 bits per heavy atom. The van der Waals surface area contributed by atoms with Crippen LogP contribution in [0.15, 0.2) is 22.2 Å². The third kappa shape index (κ3) is 4.50. The molecule has 0 amide bonds. The van der Waals surface area contributed by atoms with E-state index in [0.717, 1.165) is 0 Å². The number of nitriles is 1. The van der Waals surface area contributed by atoms with Gasteiger partial charge in [0, 0.05) is 0 Å². The Hall–Kier alpha value is -2.00. The summed E-state index contributed by atoms with van der Waals surface area (Å²) in [6.45, 7) is 4.27. The molecule has 6 heteroatoms. The number of esters is 1. The molecule has 1 aromatic rings. The molecule has 0 saturated carbocycles. The molecule has 0 aliphatic carbocycles. The Morgan fingerprint density at radius 2 is 2.10 bits per heavy atom. The molecule has 112 valence electrons. The van der Waals surface area contributed by atoms with Gasteiger partial charge in [-0.05, 0) is 53.5 Å². The molecule has 0 atom stereocenters. The fourth-order valence-electron chi connectivity index (χ4n) is 1.62. The number of methoxy groups -OCH3 is 1. The first kappa shape index (κ1) is 17.1. The molecule has 1 rings (SSSR count). The van der Waals surface area contributed by atoms with E-state index >= 15 is 0 Å². The Balaban J connectivity index is 3.23. The van der Waals surface area contributed by atoms with E-state index in [0.29, 0.717) is 28.1 Å². The van der Waals surface area contributed by atoms with Gasteiger partial charge in [0.15, 0.2) is 11.5 Å². The second-order valence-corrected chi connectivity index (χ2v) is 4.71. The summed E-state index contributed by atoms with van der Waals surface area (Å²) in [7, 11) is 1.52. The average molecular weight is 354 g/mol. The van der Waals surface area contributed by atoms with Crippen molar-refractivity contribution >= 4 is 28.0 Å². The minimum absolute atomic E-state index is 0.0741. The number of ether oxygens (including phenoxy) is 3. The smallest absolute Gasteiger partial charge is 0.348 e. The first-order chi connectivity index (χ1) is 10.1. The van der Waals surface area contributed by atoms with Crippen molar-refractivity contribution in [2.45, 2.75) is 13.8 Å². The molecule has 5 nitrogen and oxygen atoms in total. The van der Waals surface area contributed by atoms with E-state index in [1.54, 1.807) is 19.1 Å². The topological polar surface area (TPSA) is 68.6 Å². The van der Waals surface area contributed by atoms with Crippen molar-refractivity contribution in [2.75, 3.05) is 20.3 Å². The summed E-state index contributed by atoms with van der Waals surface area (Å²) in [4.78, 5) is 11.6. The van der Waals surface area contributed by atoms with Crippen molar-refractivity contribution in [3.8, 4) is 17.6 Å². The normalized spacial score (nSPS) is 10.7. The minimum Gasteiger partial charge on any atom is -0.493 e. The Labute approximate surface area is 132 Å². The van der Waals surface area contributed by atoms with Crippen LogP contribution in [-0.2, 0) is 9.53 Å². The zero-order valence-electron chi connectivity index (χ0n) is 12.1. The molecule has 0 bridgehead atoms. The summed E-state index contributed by atoms with van der Waals surface area (Å²) in [5, 5.41) is 9.03. The minimum atomic E-state index is -0.649. The first-order valence-corrected chi connectivity index (χ1v) is 7.15. The zero-order chi connectivity index (χ0) is 15.8. The van der Waals surface area contributed by atoms with Crippen molar-refractivity contribution in [3.05, 3.63) is 27.7 Å². The number of halogens is 1. The van der Waals surface area contributed by atoms with E-state index < -0.39 is 5.97 Å². The highest BCUT2D eigenvalue weighted by molar-refractivity contribution is 9.10. The fraction of sp³-hybridized carbons (Fsp3) is 0.333. The Morgan fingerprint density at radius 1 is 1.38 bits per heavy atom. The number of benzene rings is 1. The molecule has 0 aliphatic rings. The Kier molecular flexibility index (Phi) is 6.76. The number of hydrogen-bond donors (Lipinski definition) is 0. The Bertz CT molecular complexity index is 590. The third-order valence-corrected chi connectivity index (χ3v) is 3.06. The van der Waals surface area contributed by atoms with Gasteiger partial charge in [0.1, 0.15) is 11.6 Å². The SMILES string of the molecule is CCOC(=O)C(C#N)=Cc1cc(Br)c(OCC)c(OC)c1. The second kappa shape index (κ2) is 8.32. The predicted molar refractivity (Wildman–Crippen MR) is 82.1 cm³/mol. The summed E-state index contributed by atoms with van der Waals surface area (Å²) in [5.74, 6) is 0.439. The van der Waals surface area contributed by atoms with Crippen LogP contribution in [0.4, 0.5) is 0 Å². The van der Waals surface area contributed by atoms with Gasteiger partial charge in [0.05, 0.1) is 24.8 Å². The molecule has 0 saturated heterocycles. The van der Waals surface area contributed by atoms with Crippen LogP contribution >= 0.6 is 15.9 Å². The molecule has 0 aliphatic heterocycles. The molecule has 0 heterocycles. The van der Waals surface area contributed by atoms with Crippen molar-refractivity contribution in [1.82, 2.24) is 0 Å². The number of nitrogens with zero attached hydrogens (tertiary/aromatic N) is 1. The van der Waals surface area contributed by atoms with Crippen molar-refractivity contribution in [2.24, 2.45) is 0 Å². The molecule has 1 aromatic carbocycles. The standard InChI is InChI=1S/C15H16BrNO4/c1-4-20-14-12(16)7-10(8-13(14)19-3)6-11(9-17)15(18)21-5-2/h6-8H,4-5H2,1-3H3. The van der Waals surface area contributed by atoms with Gasteiger partial charge in [-0.25, -0.2) is 4.79 Å². The van der Waals surface area contributed by atoms with Crippen LogP contribution in [0.3, 0.4) is 0 Å². The van der Waals surface area contributed by atoms with Gasteiger partial charge in [-0.2, -0.15) is 5.26 Å². The molecule has 0 fully saturated rings. The molecule has 0 N–H and O–H groups in total. The molecule has 0 unspecified atom stereocenters. The van der Waals surface area contributed by atoms with E-state index in [2.05, 4.69) is 15.9 Å². The van der Waals surface area contributed by atoms with Gasteiger partial charge in [0.25, 0.3) is 0 Å². The maximum Gasteiger partial charge on any atom is 0.348 e. The van der Waals surface area contributed by atoms with Gasteiger partial charge < -0.3 is 14.2 Å². The molecule has 0 spiro atoms. The predicted octanol–water partition coefficient (Wildman–Crippen LogP) is 3.33. The highest BCUT2D eigenvalue weighted by Crippen LogP contribution is 2.37. The van der Waals surface area contributed by atoms with Gasteiger partial charge in [-0.3, -0.25) is 0 Å². The fourth-order valence-corrected chi connectivity index (χ4v) is 2.19. The van der Waals surface area contributed by atoms with Crippen LogP contribution in [0.2, 0.25) is 0 Å². The van der Waals surface area contributed by atoms with E-state index in [1.807, 2.05) is 13.0 Å². The maximum atomic E-state index is 11.6. The van der Waals surface area contributed by atoms with E-state index in [-0.39, 0.29) is 12.2 Å². The monoisotopic (exact) mass is 353 g/mol. The lowest BCUT2D eigenvalue weighted by atomic mass is 10.1. The zero-order valence-corrected chi connectivity index (χ0v) is 13.7. The average Bonchev–Trinajstić information content (AvgIpc) is 2.47. The van der Waals surface area contributed by atoms with Crippen LogP contribution in [0.1, 0.15) is 19.4 Å². The summed E-state index contributed by atoms with van der Waals surface area (Å²) < 4.78 is 16.2. The van der Waals surface area contributed by atoms with Crippen LogP contribution in [0, 0.1) is 11.3 Å². The molecule has 21 heavy (non-hydrogen) atoms. The van der Waals surface area contributed by atoms with Gasteiger partial charge in [-0.15, -0.1) is 0 Å². The molecule has 0 aromatic heterocycles. The number of rotatable bonds is 6. The molecular formula is C15H16BrNO4. The summed E-state index contributed by atoms with van der Waals surface area (Å²) in [6, 6.07) is 5.26. The number of carbonyl (C=O) groups is 1. The van der Waals surface area contributed by atoms with E-state index in [1.165, 1.54) is 13.2 Å². The van der Waals surface area contributed by atoms with Crippen molar-refractivity contribution in [3.63, 3.8) is 0 Å².